The summed E-state index contributed by atoms with van der Waals surface area (Å²) in [4.78, 5) is 26.9. The summed E-state index contributed by atoms with van der Waals surface area (Å²) < 4.78 is 18.0. The van der Waals surface area contributed by atoms with Gasteiger partial charge in [0.25, 0.3) is 0 Å². The number of likely N-dealkylation sites (N-methyl/N-ethyl adjacent to an activating group) is 1. The smallest absolute Gasteiger partial charge is 0.239 e. The van der Waals surface area contributed by atoms with Crippen molar-refractivity contribution in [3.63, 3.8) is 0 Å². The fourth-order valence-corrected chi connectivity index (χ4v) is 3.12. The molecule has 0 unspecified atom stereocenters. The van der Waals surface area contributed by atoms with Crippen LogP contribution in [0, 0.1) is 5.82 Å². The maximum atomic E-state index is 12.9. The number of amides is 2. The van der Waals surface area contributed by atoms with E-state index in [1.807, 2.05) is 31.2 Å². The summed E-state index contributed by atoms with van der Waals surface area (Å²) in [5.41, 5.74) is 0.800. The van der Waals surface area contributed by atoms with Gasteiger partial charge in [-0.15, -0.1) is 11.8 Å². The first-order chi connectivity index (χ1) is 13.0. The number of rotatable bonds is 9. The number of hydrogen-bond acceptors (Lipinski definition) is 4. The molecule has 0 fully saturated rings. The topological polar surface area (TPSA) is 58.6 Å². The van der Waals surface area contributed by atoms with Crippen LogP contribution in [0.2, 0.25) is 0 Å². The molecule has 0 aliphatic rings. The molecule has 1 N–H and O–H groups in total. The van der Waals surface area contributed by atoms with Gasteiger partial charge in [-0.2, -0.15) is 0 Å². The van der Waals surface area contributed by atoms with Crippen LogP contribution >= 0.6 is 11.8 Å². The standard InChI is InChI=1S/C20H23FN2O3S/c1-3-23(13-19(24)22-12-15-4-6-16(21)7-5-15)20(25)14-27-18-10-8-17(26-2)9-11-18/h4-11H,3,12-14H2,1-2H3,(H,22,24). The van der Waals surface area contributed by atoms with Crippen molar-refractivity contribution in [3.8, 4) is 5.75 Å². The summed E-state index contributed by atoms with van der Waals surface area (Å²) >= 11 is 1.42. The van der Waals surface area contributed by atoms with Crippen LogP contribution in [0.25, 0.3) is 0 Å². The minimum atomic E-state index is -0.317. The third kappa shape index (κ3) is 6.94. The molecule has 0 saturated heterocycles. The Hall–Kier alpha value is -2.54. The average molecular weight is 390 g/mol. The highest BCUT2D eigenvalue weighted by Crippen LogP contribution is 2.21. The van der Waals surface area contributed by atoms with E-state index in [2.05, 4.69) is 5.32 Å². The van der Waals surface area contributed by atoms with Gasteiger partial charge in [-0.05, 0) is 48.9 Å². The van der Waals surface area contributed by atoms with Crippen LogP contribution in [-0.4, -0.2) is 42.7 Å². The van der Waals surface area contributed by atoms with E-state index in [-0.39, 0.29) is 29.9 Å². The van der Waals surface area contributed by atoms with E-state index in [1.54, 1.807) is 19.2 Å². The maximum Gasteiger partial charge on any atom is 0.239 e. The zero-order chi connectivity index (χ0) is 19.6. The monoisotopic (exact) mass is 390 g/mol. The van der Waals surface area contributed by atoms with Crippen molar-refractivity contribution in [1.82, 2.24) is 10.2 Å². The lowest BCUT2D eigenvalue weighted by Gasteiger charge is -2.20. The number of nitrogens with one attached hydrogen (secondary N) is 1. The van der Waals surface area contributed by atoms with Crippen LogP contribution in [0.1, 0.15) is 12.5 Å². The molecule has 0 aromatic heterocycles. The van der Waals surface area contributed by atoms with Gasteiger partial charge in [0.05, 0.1) is 19.4 Å². The maximum absolute atomic E-state index is 12.9. The van der Waals surface area contributed by atoms with Crippen molar-refractivity contribution in [1.29, 1.82) is 0 Å². The van der Waals surface area contributed by atoms with Crippen molar-refractivity contribution in [2.45, 2.75) is 18.4 Å². The predicted molar refractivity (Wildman–Crippen MR) is 104 cm³/mol. The number of carbonyl (C=O) groups excluding carboxylic acids is 2. The van der Waals surface area contributed by atoms with E-state index in [4.69, 9.17) is 4.74 Å². The second-order valence-electron chi connectivity index (χ2n) is 5.78. The molecular formula is C20H23FN2O3S. The fraction of sp³-hybridized carbons (Fsp3) is 0.300. The summed E-state index contributed by atoms with van der Waals surface area (Å²) in [6.45, 7) is 2.58. The first kappa shape index (κ1) is 20.8. The SMILES string of the molecule is CCN(CC(=O)NCc1ccc(F)cc1)C(=O)CSc1ccc(OC)cc1. The Bertz CT molecular complexity index is 751. The number of nitrogens with zero attached hydrogens (tertiary/aromatic N) is 1. The van der Waals surface area contributed by atoms with Gasteiger partial charge in [-0.1, -0.05) is 12.1 Å². The molecule has 0 saturated carbocycles. The van der Waals surface area contributed by atoms with E-state index in [9.17, 15) is 14.0 Å². The summed E-state index contributed by atoms with van der Waals surface area (Å²) in [5.74, 6) is 0.353. The summed E-state index contributed by atoms with van der Waals surface area (Å²) in [6.07, 6.45) is 0. The zero-order valence-corrected chi connectivity index (χ0v) is 16.2. The summed E-state index contributed by atoms with van der Waals surface area (Å²) in [5, 5.41) is 2.75. The Kier molecular flexibility index (Phi) is 8.13. The van der Waals surface area contributed by atoms with Gasteiger partial charge in [0.1, 0.15) is 11.6 Å². The number of methoxy groups -OCH3 is 1. The normalized spacial score (nSPS) is 10.3. The first-order valence-electron chi connectivity index (χ1n) is 8.57. The molecule has 5 nitrogen and oxygen atoms in total. The highest BCUT2D eigenvalue weighted by atomic mass is 32.2. The summed E-state index contributed by atoms with van der Waals surface area (Å²) in [7, 11) is 1.60. The molecule has 144 valence electrons. The Morgan fingerprint density at radius 2 is 1.78 bits per heavy atom. The quantitative estimate of drug-likeness (QED) is 0.669. The van der Waals surface area contributed by atoms with Crippen molar-refractivity contribution in [2.24, 2.45) is 0 Å². The van der Waals surface area contributed by atoms with Crippen LogP contribution in [-0.2, 0) is 16.1 Å². The third-order valence-electron chi connectivity index (χ3n) is 3.89. The molecule has 2 aromatic rings. The number of halogens is 1. The fourth-order valence-electron chi connectivity index (χ4n) is 2.32. The molecule has 0 atom stereocenters. The van der Waals surface area contributed by atoms with Crippen LogP contribution in [0.5, 0.6) is 5.75 Å². The van der Waals surface area contributed by atoms with Gasteiger partial charge in [0.15, 0.2) is 0 Å². The lowest BCUT2D eigenvalue weighted by molar-refractivity contribution is -0.133. The second kappa shape index (κ2) is 10.6. The molecule has 0 bridgehead atoms. The number of benzene rings is 2. The van der Waals surface area contributed by atoms with E-state index >= 15 is 0 Å². The van der Waals surface area contributed by atoms with Gasteiger partial charge in [0, 0.05) is 18.0 Å². The van der Waals surface area contributed by atoms with Gasteiger partial charge in [-0.25, -0.2) is 4.39 Å². The lowest BCUT2D eigenvalue weighted by atomic mass is 10.2. The zero-order valence-electron chi connectivity index (χ0n) is 15.4. The van der Waals surface area contributed by atoms with E-state index in [0.29, 0.717) is 13.1 Å². The van der Waals surface area contributed by atoms with E-state index in [0.717, 1.165) is 16.2 Å². The van der Waals surface area contributed by atoms with E-state index in [1.165, 1.54) is 28.8 Å². The minimum absolute atomic E-state index is 0.000297. The predicted octanol–water partition coefficient (Wildman–Crippen LogP) is 3.09. The van der Waals surface area contributed by atoms with Crippen molar-refractivity contribution < 1.29 is 18.7 Å². The highest BCUT2D eigenvalue weighted by Gasteiger charge is 2.15. The number of thioether (sulfide) groups is 1. The molecule has 2 aromatic carbocycles. The molecule has 0 aliphatic heterocycles. The Balaban J connectivity index is 1.78. The second-order valence-corrected chi connectivity index (χ2v) is 6.82. The van der Waals surface area contributed by atoms with Gasteiger partial charge in [0.2, 0.25) is 11.8 Å². The van der Waals surface area contributed by atoms with Gasteiger partial charge >= 0.3 is 0 Å². The van der Waals surface area contributed by atoms with Crippen LogP contribution in [0.3, 0.4) is 0 Å². The molecule has 0 heterocycles. The molecule has 0 spiro atoms. The van der Waals surface area contributed by atoms with Gasteiger partial charge in [-0.3, -0.25) is 9.59 Å². The molecule has 0 aliphatic carbocycles. The largest absolute Gasteiger partial charge is 0.497 e. The number of hydrogen-bond donors (Lipinski definition) is 1. The average Bonchev–Trinajstić information content (AvgIpc) is 2.70. The lowest BCUT2D eigenvalue weighted by Crippen LogP contribution is -2.41. The number of carbonyl (C=O) groups is 2. The Morgan fingerprint density at radius 3 is 2.37 bits per heavy atom. The molecule has 0 radical (unpaired) electrons. The molecule has 2 rings (SSSR count). The van der Waals surface area contributed by atoms with E-state index < -0.39 is 0 Å². The molecule has 27 heavy (non-hydrogen) atoms. The third-order valence-corrected chi connectivity index (χ3v) is 4.89. The number of ether oxygens (including phenoxy) is 1. The summed E-state index contributed by atoms with van der Waals surface area (Å²) in [6, 6.07) is 13.4. The van der Waals surface area contributed by atoms with Crippen LogP contribution in [0.15, 0.2) is 53.4 Å². The van der Waals surface area contributed by atoms with Gasteiger partial charge < -0.3 is 15.0 Å². The Labute approximate surface area is 162 Å². The molecular weight excluding hydrogens is 367 g/mol. The first-order valence-corrected chi connectivity index (χ1v) is 9.56. The van der Waals surface area contributed by atoms with Crippen molar-refractivity contribution in [3.05, 3.63) is 59.9 Å². The molecule has 2 amide bonds. The van der Waals surface area contributed by atoms with Crippen molar-refractivity contribution >= 4 is 23.6 Å². The molecule has 7 heteroatoms. The van der Waals surface area contributed by atoms with Crippen molar-refractivity contribution in [2.75, 3.05) is 26.0 Å². The highest BCUT2D eigenvalue weighted by molar-refractivity contribution is 8.00. The van der Waals surface area contributed by atoms with Crippen LogP contribution < -0.4 is 10.1 Å². The van der Waals surface area contributed by atoms with Crippen LogP contribution in [0.4, 0.5) is 4.39 Å². The minimum Gasteiger partial charge on any atom is -0.497 e. The Morgan fingerprint density at radius 1 is 1.11 bits per heavy atom.